The molecular weight excluding hydrogens is 455 g/mol. The maximum Gasteiger partial charge on any atom is 0.417 e. The number of hydrogen-bond donors (Lipinski definition) is 1. The van der Waals surface area contributed by atoms with Crippen LogP contribution in [-0.4, -0.2) is 52.2 Å². The molecule has 2 aliphatic rings. The van der Waals surface area contributed by atoms with Gasteiger partial charge in [0.25, 0.3) is 0 Å². The minimum atomic E-state index is -4.60. The maximum atomic E-state index is 13.1. The van der Waals surface area contributed by atoms with Gasteiger partial charge < -0.3 is 15.0 Å². The van der Waals surface area contributed by atoms with E-state index in [-0.39, 0.29) is 5.69 Å². The first-order chi connectivity index (χ1) is 14.7. The molecule has 1 saturated carbocycles. The molecule has 1 amide bonds. The Labute approximate surface area is 186 Å². The Kier molecular flexibility index (Phi) is 6.36. The largest absolute Gasteiger partial charge is 0.417 e. The first-order valence-corrected chi connectivity index (χ1v) is 11.1. The normalized spacial score (nSPS) is 18.2. The van der Waals surface area contributed by atoms with Crippen molar-refractivity contribution in [2.45, 2.75) is 42.4 Å². The number of carbonyl (C=O) groups excluding carboxylic acids is 1. The van der Waals surface area contributed by atoms with Gasteiger partial charge in [-0.05, 0) is 38.0 Å². The number of hydrogen-bond acceptors (Lipinski definition) is 6. The van der Waals surface area contributed by atoms with E-state index in [2.05, 4.69) is 25.0 Å². The zero-order valence-electron chi connectivity index (χ0n) is 16.7. The van der Waals surface area contributed by atoms with Crippen LogP contribution in [0.1, 0.15) is 31.4 Å². The summed E-state index contributed by atoms with van der Waals surface area (Å²) in [7, 11) is 0. The number of benzene rings is 1. The van der Waals surface area contributed by atoms with Gasteiger partial charge in [-0.25, -0.2) is 0 Å². The number of thioether (sulfide) groups is 1. The maximum absolute atomic E-state index is 13.1. The van der Waals surface area contributed by atoms with Gasteiger partial charge in [0.05, 0.1) is 29.0 Å². The van der Waals surface area contributed by atoms with Gasteiger partial charge in [-0.3, -0.25) is 9.36 Å². The van der Waals surface area contributed by atoms with E-state index in [0.29, 0.717) is 24.4 Å². The van der Waals surface area contributed by atoms with Crippen LogP contribution in [0.15, 0.2) is 23.4 Å². The zero-order chi connectivity index (χ0) is 22.2. The van der Waals surface area contributed by atoms with Crippen LogP contribution in [0.25, 0.3) is 0 Å². The van der Waals surface area contributed by atoms with Crippen LogP contribution < -0.4 is 10.2 Å². The summed E-state index contributed by atoms with van der Waals surface area (Å²) >= 11 is 6.87. The Hall–Kier alpha value is -1.98. The summed E-state index contributed by atoms with van der Waals surface area (Å²) in [6.45, 7) is 4.38. The van der Waals surface area contributed by atoms with Crippen LogP contribution in [-0.2, 0) is 15.7 Å². The summed E-state index contributed by atoms with van der Waals surface area (Å²) in [6.07, 6.45) is -2.56. The second-order valence-electron chi connectivity index (χ2n) is 7.42. The van der Waals surface area contributed by atoms with Crippen LogP contribution >= 0.6 is 23.4 Å². The highest BCUT2D eigenvalue weighted by Crippen LogP contribution is 2.42. The fourth-order valence-corrected chi connectivity index (χ4v) is 4.40. The second-order valence-corrected chi connectivity index (χ2v) is 9.14. The molecule has 7 nitrogen and oxygen atoms in total. The molecule has 1 unspecified atom stereocenters. The number of nitrogens with one attached hydrogen (secondary N) is 1. The van der Waals surface area contributed by atoms with Crippen LogP contribution in [0, 0.1) is 0 Å². The monoisotopic (exact) mass is 475 g/mol. The van der Waals surface area contributed by atoms with Gasteiger partial charge >= 0.3 is 6.18 Å². The Bertz CT molecular complexity index is 961. The van der Waals surface area contributed by atoms with Crippen LogP contribution in [0.5, 0.6) is 0 Å². The van der Waals surface area contributed by atoms with E-state index in [0.717, 1.165) is 44.0 Å². The van der Waals surface area contributed by atoms with E-state index in [9.17, 15) is 18.0 Å². The Morgan fingerprint density at radius 3 is 2.65 bits per heavy atom. The lowest BCUT2D eigenvalue weighted by Gasteiger charge is -2.28. The van der Waals surface area contributed by atoms with Crippen molar-refractivity contribution in [2.75, 3.05) is 36.5 Å². The summed E-state index contributed by atoms with van der Waals surface area (Å²) in [4.78, 5) is 14.8. The van der Waals surface area contributed by atoms with Crippen LogP contribution in [0.4, 0.5) is 24.8 Å². The summed E-state index contributed by atoms with van der Waals surface area (Å²) in [6, 6.07) is 3.60. The lowest BCUT2D eigenvalue weighted by Crippen LogP contribution is -2.38. The number of ether oxygens (including phenoxy) is 1. The van der Waals surface area contributed by atoms with Crippen LogP contribution in [0.2, 0.25) is 5.02 Å². The average molecular weight is 476 g/mol. The van der Waals surface area contributed by atoms with Crippen molar-refractivity contribution in [3.63, 3.8) is 0 Å². The lowest BCUT2D eigenvalue weighted by molar-refractivity contribution is -0.137. The van der Waals surface area contributed by atoms with Gasteiger partial charge in [0.1, 0.15) is 0 Å². The molecule has 168 valence electrons. The van der Waals surface area contributed by atoms with Crippen molar-refractivity contribution in [1.82, 2.24) is 14.8 Å². The first kappa shape index (κ1) is 22.2. The van der Waals surface area contributed by atoms with Gasteiger partial charge in [-0.15, -0.1) is 10.2 Å². The Balaban J connectivity index is 1.47. The molecule has 1 aromatic heterocycles. The molecule has 0 spiro atoms. The molecule has 1 N–H and O–H groups in total. The fraction of sp³-hybridized carbons (Fsp3) is 0.526. The summed E-state index contributed by atoms with van der Waals surface area (Å²) in [5.41, 5.74) is -0.956. The molecule has 31 heavy (non-hydrogen) atoms. The molecule has 2 aromatic rings. The number of morpholine rings is 1. The summed E-state index contributed by atoms with van der Waals surface area (Å²) < 4.78 is 46.6. The predicted molar refractivity (Wildman–Crippen MR) is 112 cm³/mol. The van der Waals surface area contributed by atoms with E-state index in [4.69, 9.17) is 16.3 Å². The number of alkyl halides is 3. The SMILES string of the molecule is CC(Sc1nnc(N2CCOCC2)n1C1CC1)C(=O)Nc1ccc(Cl)c(C(F)(F)F)c1. The zero-order valence-corrected chi connectivity index (χ0v) is 18.2. The molecule has 0 bridgehead atoms. The molecule has 1 saturated heterocycles. The van der Waals surface area contributed by atoms with Crippen LogP contribution in [0.3, 0.4) is 0 Å². The molecule has 1 aromatic carbocycles. The van der Waals surface area contributed by atoms with E-state index in [1.54, 1.807) is 6.92 Å². The van der Waals surface area contributed by atoms with E-state index >= 15 is 0 Å². The molecule has 12 heteroatoms. The van der Waals surface area contributed by atoms with Crippen molar-refractivity contribution < 1.29 is 22.7 Å². The highest BCUT2D eigenvalue weighted by atomic mass is 35.5. The highest BCUT2D eigenvalue weighted by molar-refractivity contribution is 8.00. The number of anilines is 2. The first-order valence-electron chi connectivity index (χ1n) is 9.86. The molecular formula is C19H21ClF3N5O2S. The van der Waals surface area contributed by atoms with Crippen molar-refractivity contribution in [1.29, 1.82) is 0 Å². The summed E-state index contributed by atoms with van der Waals surface area (Å²) in [5, 5.41) is 10.8. The quantitative estimate of drug-likeness (QED) is 0.630. The topological polar surface area (TPSA) is 72.3 Å². The standard InChI is InChI=1S/C19H21ClF3N5O2S/c1-11(16(29)24-12-2-5-15(20)14(10-12)19(21,22)23)31-18-26-25-17(28(18)13-3-4-13)27-6-8-30-9-7-27/h2,5,10-11,13H,3-4,6-9H2,1H3,(H,24,29). The van der Waals surface area contributed by atoms with Crippen molar-refractivity contribution in [3.8, 4) is 0 Å². The van der Waals surface area contributed by atoms with Gasteiger partial charge in [0.2, 0.25) is 11.9 Å². The van der Waals surface area contributed by atoms with Gasteiger partial charge in [0, 0.05) is 24.8 Å². The molecule has 1 atom stereocenters. The lowest BCUT2D eigenvalue weighted by atomic mass is 10.2. The van der Waals surface area contributed by atoms with Crippen molar-refractivity contribution in [3.05, 3.63) is 28.8 Å². The molecule has 2 fully saturated rings. The number of halogens is 4. The average Bonchev–Trinajstić information content (AvgIpc) is 3.49. The number of carbonyl (C=O) groups is 1. The molecule has 1 aliphatic carbocycles. The Morgan fingerprint density at radius 1 is 1.29 bits per heavy atom. The number of rotatable bonds is 6. The minimum absolute atomic E-state index is 0.0341. The van der Waals surface area contributed by atoms with E-state index < -0.39 is 27.9 Å². The molecule has 4 rings (SSSR count). The molecule has 1 aliphatic heterocycles. The van der Waals surface area contributed by atoms with E-state index in [1.165, 1.54) is 17.8 Å². The Morgan fingerprint density at radius 2 is 2.00 bits per heavy atom. The predicted octanol–water partition coefficient (Wildman–Crippen LogP) is 4.24. The van der Waals surface area contributed by atoms with Crippen molar-refractivity contribution in [2.24, 2.45) is 0 Å². The third kappa shape index (κ3) is 5.09. The van der Waals surface area contributed by atoms with Gasteiger partial charge in [-0.2, -0.15) is 13.2 Å². The van der Waals surface area contributed by atoms with Gasteiger partial charge in [-0.1, -0.05) is 23.4 Å². The number of aromatic nitrogens is 3. The number of amides is 1. The minimum Gasteiger partial charge on any atom is -0.378 e. The third-order valence-corrected chi connectivity index (χ3v) is 6.43. The van der Waals surface area contributed by atoms with Gasteiger partial charge in [0.15, 0.2) is 5.16 Å². The smallest absolute Gasteiger partial charge is 0.378 e. The van der Waals surface area contributed by atoms with E-state index in [1.807, 2.05) is 0 Å². The fourth-order valence-electron chi connectivity index (χ4n) is 3.26. The van der Waals surface area contributed by atoms with Crippen molar-refractivity contribution >= 4 is 40.9 Å². The number of nitrogens with zero attached hydrogens (tertiary/aromatic N) is 4. The highest BCUT2D eigenvalue weighted by Gasteiger charge is 2.35. The molecule has 2 heterocycles. The third-order valence-electron chi connectivity index (χ3n) is 5.04. The summed E-state index contributed by atoms with van der Waals surface area (Å²) in [5.74, 6) is 0.340. The molecule has 0 radical (unpaired) electrons. The second kappa shape index (κ2) is 8.87.